The molecular formula is C12H19NO2. The van der Waals surface area contributed by atoms with E-state index in [1.54, 1.807) is 0 Å². The fourth-order valence-corrected chi connectivity index (χ4v) is 1.97. The molecule has 1 rings (SSSR count). The Morgan fingerprint density at radius 1 is 1.53 bits per heavy atom. The minimum atomic E-state index is -0.281. The quantitative estimate of drug-likeness (QED) is 0.504. The van der Waals surface area contributed by atoms with Crippen molar-refractivity contribution in [2.45, 2.75) is 26.3 Å². The molecule has 0 aliphatic carbocycles. The van der Waals surface area contributed by atoms with E-state index in [2.05, 4.69) is 17.7 Å². The molecule has 0 aromatic heterocycles. The third-order valence-electron chi connectivity index (χ3n) is 3.26. The van der Waals surface area contributed by atoms with E-state index in [1.807, 2.05) is 13.8 Å². The summed E-state index contributed by atoms with van der Waals surface area (Å²) in [6.07, 6.45) is 5.48. The van der Waals surface area contributed by atoms with Gasteiger partial charge in [-0.05, 0) is 19.8 Å². The van der Waals surface area contributed by atoms with Crippen LogP contribution in [0.2, 0.25) is 0 Å². The van der Waals surface area contributed by atoms with Crippen molar-refractivity contribution in [2.75, 3.05) is 20.2 Å². The highest BCUT2D eigenvalue weighted by molar-refractivity contribution is 5.73. The molecule has 2 unspecified atom stereocenters. The number of carbonyl (C=O) groups excluding carboxylic acids is 1. The minimum Gasteiger partial charge on any atom is -0.469 e. The highest BCUT2D eigenvalue weighted by atomic mass is 16.5. The van der Waals surface area contributed by atoms with Gasteiger partial charge in [0.15, 0.2) is 0 Å². The lowest BCUT2D eigenvalue weighted by Crippen LogP contribution is -2.41. The van der Waals surface area contributed by atoms with Crippen LogP contribution in [-0.2, 0) is 9.53 Å². The van der Waals surface area contributed by atoms with Crippen molar-refractivity contribution in [3.8, 4) is 12.3 Å². The lowest BCUT2D eigenvalue weighted by Gasteiger charge is -2.30. The van der Waals surface area contributed by atoms with Crippen LogP contribution in [0.25, 0.3) is 0 Å². The van der Waals surface area contributed by atoms with Gasteiger partial charge in [0.2, 0.25) is 0 Å². The number of hydrogen-bond acceptors (Lipinski definition) is 3. The van der Waals surface area contributed by atoms with E-state index in [1.165, 1.54) is 7.11 Å². The predicted molar refractivity (Wildman–Crippen MR) is 59.2 cm³/mol. The molecule has 84 valence electrons. The average molecular weight is 209 g/mol. The maximum Gasteiger partial charge on any atom is 0.310 e. The van der Waals surface area contributed by atoms with Crippen LogP contribution in [-0.4, -0.2) is 36.6 Å². The molecule has 0 spiro atoms. The molecule has 0 N–H and O–H groups in total. The van der Waals surface area contributed by atoms with Gasteiger partial charge in [0.05, 0.1) is 18.6 Å². The molecule has 0 aromatic rings. The van der Waals surface area contributed by atoms with Gasteiger partial charge >= 0.3 is 5.97 Å². The van der Waals surface area contributed by atoms with Crippen molar-refractivity contribution >= 4 is 5.97 Å². The lowest BCUT2D eigenvalue weighted by molar-refractivity contribution is -0.146. The molecule has 3 nitrogen and oxygen atoms in total. The smallest absolute Gasteiger partial charge is 0.310 e. The SMILES string of the molecule is C#CC(C)(C)N1CC(C)C(C(=O)OC)C1. The van der Waals surface area contributed by atoms with E-state index >= 15 is 0 Å². The van der Waals surface area contributed by atoms with Gasteiger partial charge in [-0.1, -0.05) is 12.8 Å². The molecule has 3 heteroatoms. The van der Waals surface area contributed by atoms with Gasteiger partial charge in [-0.2, -0.15) is 0 Å². The summed E-state index contributed by atoms with van der Waals surface area (Å²) in [5.74, 6) is 2.90. The Kier molecular flexibility index (Phi) is 3.41. The topological polar surface area (TPSA) is 29.5 Å². The van der Waals surface area contributed by atoms with Gasteiger partial charge in [-0.15, -0.1) is 6.42 Å². The van der Waals surface area contributed by atoms with E-state index in [0.29, 0.717) is 12.5 Å². The van der Waals surface area contributed by atoms with E-state index in [0.717, 1.165) is 6.54 Å². The van der Waals surface area contributed by atoms with Crippen LogP contribution >= 0.6 is 0 Å². The summed E-state index contributed by atoms with van der Waals surface area (Å²) in [7, 11) is 1.43. The van der Waals surface area contributed by atoms with Crippen molar-refractivity contribution in [1.82, 2.24) is 4.90 Å². The fraction of sp³-hybridized carbons (Fsp3) is 0.750. The Hall–Kier alpha value is -1.01. The Balaban J connectivity index is 2.73. The monoisotopic (exact) mass is 209 g/mol. The molecule has 1 saturated heterocycles. The Morgan fingerprint density at radius 3 is 2.60 bits per heavy atom. The van der Waals surface area contributed by atoms with Crippen molar-refractivity contribution in [1.29, 1.82) is 0 Å². The molecule has 0 saturated carbocycles. The van der Waals surface area contributed by atoms with Crippen LogP contribution in [0, 0.1) is 24.2 Å². The van der Waals surface area contributed by atoms with Gasteiger partial charge in [0, 0.05) is 13.1 Å². The molecule has 2 atom stereocenters. The number of methoxy groups -OCH3 is 1. The van der Waals surface area contributed by atoms with Gasteiger partial charge in [0.1, 0.15) is 0 Å². The third-order valence-corrected chi connectivity index (χ3v) is 3.26. The fourth-order valence-electron chi connectivity index (χ4n) is 1.97. The highest BCUT2D eigenvalue weighted by Gasteiger charge is 2.40. The number of nitrogens with zero attached hydrogens (tertiary/aromatic N) is 1. The van der Waals surface area contributed by atoms with E-state index < -0.39 is 0 Å². The number of ether oxygens (including phenoxy) is 1. The molecule has 0 bridgehead atoms. The first kappa shape index (κ1) is 12.1. The van der Waals surface area contributed by atoms with Crippen molar-refractivity contribution < 1.29 is 9.53 Å². The standard InChI is InChI=1S/C12H19NO2/c1-6-12(3,4)13-7-9(2)10(8-13)11(14)15-5/h1,9-10H,7-8H2,2-5H3. The van der Waals surface area contributed by atoms with E-state index in [4.69, 9.17) is 11.2 Å². The van der Waals surface area contributed by atoms with Gasteiger partial charge in [0.25, 0.3) is 0 Å². The van der Waals surface area contributed by atoms with Crippen molar-refractivity contribution in [3.63, 3.8) is 0 Å². The molecule has 0 radical (unpaired) electrons. The van der Waals surface area contributed by atoms with Crippen LogP contribution in [0.3, 0.4) is 0 Å². The first-order chi connectivity index (χ1) is 6.92. The van der Waals surface area contributed by atoms with E-state index in [9.17, 15) is 4.79 Å². The lowest BCUT2D eigenvalue weighted by atomic mass is 9.99. The summed E-state index contributed by atoms with van der Waals surface area (Å²) >= 11 is 0. The van der Waals surface area contributed by atoms with Crippen molar-refractivity contribution in [3.05, 3.63) is 0 Å². The van der Waals surface area contributed by atoms with Crippen LogP contribution in [0.4, 0.5) is 0 Å². The second-order valence-electron chi connectivity index (χ2n) is 4.72. The summed E-state index contributed by atoms with van der Waals surface area (Å²) in [4.78, 5) is 13.7. The molecule has 0 aromatic carbocycles. The number of hydrogen-bond donors (Lipinski definition) is 0. The molecule has 1 aliphatic heterocycles. The summed E-state index contributed by atoms with van der Waals surface area (Å²) < 4.78 is 4.78. The van der Waals surface area contributed by atoms with Crippen LogP contribution in [0.1, 0.15) is 20.8 Å². The van der Waals surface area contributed by atoms with Gasteiger partial charge in [-0.3, -0.25) is 9.69 Å². The molecule has 1 heterocycles. The molecule has 15 heavy (non-hydrogen) atoms. The molecule has 0 amide bonds. The van der Waals surface area contributed by atoms with Crippen molar-refractivity contribution in [2.24, 2.45) is 11.8 Å². The summed E-state index contributed by atoms with van der Waals surface area (Å²) in [6, 6.07) is 0. The minimum absolute atomic E-state index is 0.0392. The normalized spacial score (nSPS) is 27.4. The summed E-state index contributed by atoms with van der Waals surface area (Å²) in [6.45, 7) is 7.62. The Bertz CT molecular complexity index is 290. The zero-order valence-electron chi connectivity index (χ0n) is 9.91. The number of terminal acetylenes is 1. The Labute approximate surface area is 91.8 Å². The number of carbonyl (C=O) groups is 1. The molecular weight excluding hydrogens is 190 g/mol. The second-order valence-corrected chi connectivity index (χ2v) is 4.72. The first-order valence-corrected chi connectivity index (χ1v) is 5.23. The Morgan fingerprint density at radius 2 is 2.13 bits per heavy atom. The number of likely N-dealkylation sites (tertiary alicyclic amines) is 1. The molecule has 1 fully saturated rings. The zero-order valence-corrected chi connectivity index (χ0v) is 9.91. The summed E-state index contributed by atoms with van der Waals surface area (Å²) in [5.41, 5.74) is -0.281. The van der Waals surface area contributed by atoms with Crippen LogP contribution in [0.15, 0.2) is 0 Å². The summed E-state index contributed by atoms with van der Waals surface area (Å²) in [5, 5.41) is 0. The number of rotatable bonds is 2. The van der Waals surface area contributed by atoms with E-state index in [-0.39, 0.29) is 17.4 Å². The molecule has 1 aliphatic rings. The first-order valence-electron chi connectivity index (χ1n) is 5.23. The average Bonchev–Trinajstić information content (AvgIpc) is 2.60. The largest absolute Gasteiger partial charge is 0.469 e. The third kappa shape index (κ3) is 2.32. The van der Waals surface area contributed by atoms with Gasteiger partial charge < -0.3 is 4.74 Å². The predicted octanol–water partition coefficient (Wildman–Crippen LogP) is 1.14. The number of esters is 1. The maximum absolute atomic E-state index is 11.5. The second kappa shape index (κ2) is 4.24. The highest BCUT2D eigenvalue weighted by Crippen LogP contribution is 2.29. The van der Waals surface area contributed by atoms with Crippen LogP contribution in [0.5, 0.6) is 0 Å². The maximum atomic E-state index is 11.5. The van der Waals surface area contributed by atoms with Crippen LogP contribution < -0.4 is 0 Å². The van der Waals surface area contributed by atoms with Gasteiger partial charge in [-0.25, -0.2) is 0 Å². The zero-order chi connectivity index (χ0) is 11.6.